The van der Waals surface area contributed by atoms with Crippen LogP contribution in [-0.4, -0.2) is 11.9 Å². The fourth-order valence-electron chi connectivity index (χ4n) is 3.30. The van der Waals surface area contributed by atoms with Gasteiger partial charge in [-0.1, -0.05) is 35.4 Å². The molecule has 1 aromatic carbocycles. The van der Waals surface area contributed by atoms with Gasteiger partial charge in [0.2, 0.25) is 5.91 Å². The Hall–Kier alpha value is -1.52. The van der Waals surface area contributed by atoms with Gasteiger partial charge < -0.3 is 15.2 Å². The van der Waals surface area contributed by atoms with Crippen molar-refractivity contribution in [3.63, 3.8) is 0 Å². The molecule has 0 spiro atoms. The fourth-order valence-corrected chi connectivity index (χ4v) is 3.60. The number of carboxylic acid groups (broad SMARTS) is 1. The molecule has 4 nitrogen and oxygen atoms in total. The van der Waals surface area contributed by atoms with Crippen LogP contribution in [0.5, 0.6) is 0 Å². The Labute approximate surface area is 131 Å². The van der Waals surface area contributed by atoms with Gasteiger partial charge in [0.05, 0.1) is 16.0 Å². The third-order valence-corrected chi connectivity index (χ3v) is 4.96. The van der Waals surface area contributed by atoms with E-state index in [1.165, 1.54) is 0 Å². The van der Waals surface area contributed by atoms with E-state index in [9.17, 15) is 14.7 Å². The number of carbonyl (C=O) groups is 2. The van der Waals surface area contributed by atoms with E-state index >= 15 is 0 Å². The van der Waals surface area contributed by atoms with Crippen LogP contribution in [0.25, 0.3) is 0 Å². The number of aliphatic carboxylic acids is 1. The first-order chi connectivity index (χ1) is 9.97. The summed E-state index contributed by atoms with van der Waals surface area (Å²) in [6, 6.07) is 4.75. The van der Waals surface area contributed by atoms with Gasteiger partial charge in [-0.25, -0.2) is 0 Å². The topological polar surface area (TPSA) is 69.2 Å². The lowest BCUT2D eigenvalue weighted by molar-refractivity contribution is -0.313. The van der Waals surface area contributed by atoms with Gasteiger partial charge in [0, 0.05) is 17.6 Å². The molecular formula is C15H12Cl2NO3-. The van der Waals surface area contributed by atoms with E-state index in [1.54, 1.807) is 18.2 Å². The molecule has 1 N–H and O–H groups in total. The van der Waals surface area contributed by atoms with Crippen LogP contribution in [0.3, 0.4) is 0 Å². The zero-order valence-electron chi connectivity index (χ0n) is 10.9. The minimum atomic E-state index is -1.17. The number of hydrogen-bond acceptors (Lipinski definition) is 3. The molecule has 2 aliphatic rings. The molecule has 2 bridgehead atoms. The first kappa shape index (κ1) is 14.4. The molecule has 0 saturated heterocycles. The van der Waals surface area contributed by atoms with E-state index in [1.807, 2.05) is 12.2 Å². The number of hydrogen-bond donors (Lipinski definition) is 1. The quantitative estimate of drug-likeness (QED) is 0.866. The van der Waals surface area contributed by atoms with Crippen LogP contribution in [0, 0.1) is 23.7 Å². The minimum absolute atomic E-state index is 0.0410. The van der Waals surface area contributed by atoms with Crippen molar-refractivity contribution >= 4 is 40.8 Å². The Morgan fingerprint density at radius 1 is 1.10 bits per heavy atom. The summed E-state index contributed by atoms with van der Waals surface area (Å²) in [5.74, 6) is -2.99. The second-order valence-corrected chi connectivity index (χ2v) is 6.25. The Bertz CT molecular complexity index is 644. The van der Waals surface area contributed by atoms with Crippen LogP contribution < -0.4 is 10.4 Å². The Morgan fingerprint density at radius 2 is 1.76 bits per heavy atom. The van der Waals surface area contributed by atoms with Gasteiger partial charge >= 0.3 is 0 Å². The number of amides is 1. The summed E-state index contributed by atoms with van der Waals surface area (Å²) in [6.45, 7) is 0. The highest BCUT2D eigenvalue weighted by Gasteiger charge is 2.48. The van der Waals surface area contributed by atoms with Gasteiger partial charge in [-0.15, -0.1) is 0 Å². The fraction of sp³-hybridized carbons (Fsp3) is 0.333. The van der Waals surface area contributed by atoms with Crippen molar-refractivity contribution in [3.8, 4) is 0 Å². The van der Waals surface area contributed by atoms with Crippen LogP contribution in [0.2, 0.25) is 10.0 Å². The minimum Gasteiger partial charge on any atom is -0.550 e. The maximum Gasteiger partial charge on any atom is 0.228 e. The van der Waals surface area contributed by atoms with Gasteiger partial charge in [-0.2, -0.15) is 0 Å². The van der Waals surface area contributed by atoms with Crippen LogP contribution in [0.15, 0.2) is 30.4 Å². The third kappa shape index (κ3) is 2.54. The van der Waals surface area contributed by atoms with Gasteiger partial charge in [0.1, 0.15) is 0 Å². The summed E-state index contributed by atoms with van der Waals surface area (Å²) < 4.78 is 0. The van der Waals surface area contributed by atoms with E-state index in [0.29, 0.717) is 22.2 Å². The van der Waals surface area contributed by atoms with Gasteiger partial charge in [0.15, 0.2) is 0 Å². The number of halogens is 2. The van der Waals surface area contributed by atoms with Gasteiger partial charge in [0.25, 0.3) is 0 Å². The van der Waals surface area contributed by atoms with Crippen molar-refractivity contribution in [1.29, 1.82) is 0 Å². The number of benzene rings is 1. The Morgan fingerprint density at radius 3 is 2.38 bits per heavy atom. The summed E-state index contributed by atoms with van der Waals surface area (Å²) in [7, 11) is 0. The first-order valence-electron chi connectivity index (χ1n) is 6.62. The third-order valence-electron chi connectivity index (χ3n) is 4.22. The summed E-state index contributed by atoms with van der Waals surface area (Å²) >= 11 is 11.7. The SMILES string of the molecule is O=C([O-])[C@@H]1[C@H](C(=O)Nc2ccc(Cl)c(Cl)c2)[C@@H]2C=C[C@H]1C2. The van der Waals surface area contributed by atoms with Crippen molar-refractivity contribution in [2.24, 2.45) is 23.7 Å². The molecule has 4 atom stereocenters. The average Bonchev–Trinajstić information content (AvgIpc) is 3.03. The predicted octanol–water partition coefficient (Wildman–Crippen LogP) is 2.12. The number of carbonyl (C=O) groups excluding carboxylic acids is 2. The molecule has 1 fully saturated rings. The Balaban J connectivity index is 1.80. The lowest BCUT2D eigenvalue weighted by Gasteiger charge is -2.27. The molecule has 110 valence electrons. The highest BCUT2D eigenvalue weighted by atomic mass is 35.5. The van der Waals surface area contributed by atoms with E-state index < -0.39 is 17.8 Å². The normalized spacial score (nSPS) is 29.6. The molecule has 0 aromatic heterocycles. The average molecular weight is 325 g/mol. The maximum absolute atomic E-state index is 12.4. The maximum atomic E-state index is 12.4. The van der Waals surface area contributed by atoms with Crippen LogP contribution >= 0.6 is 23.2 Å². The largest absolute Gasteiger partial charge is 0.550 e. The number of nitrogens with one attached hydrogen (secondary N) is 1. The second kappa shape index (κ2) is 5.35. The molecule has 0 unspecified atom stereocenters. The van der Waals surface area contributed by atoms with E-state index in [4.69, 9.17) is 23.2 Å². The molecule has 1 amide bonds. The number of anilines is 1. The summed E-state index contributed by atoms with van der Waals surface area (Å²) in [5.41, 5.74) is 0.498. The van der Waals surface area contributed by atoms with Crippen LogP contribution in [0.1, 0.15) is 6.42 Å². The van der Waals surface area contributed by atoms with E-state index in [2.05, 4.69) is 5.32 Å². The van der Waals surface area contributed by atoms with Crippen molar-refractivity contribution in [1.82, 2.24) is 0 Å². The second-order valence-electron chi connectivity index (χ2n) is 5.44. The monoisotopic (exact) mass is 324 g/mol. The highest BCUT2D eigenvalue weighted by Crippen LogP contribution is 2.48. The first-order valence-corrected chi connectivity index (χ1v) is 7.38. The molecule has 3 rings (SSSR count). The molecule has 0 aliphatic heterocycles. The highest BCUT2D eigenvalue weighted by molar-refractivity contribution is 6.42. The number of carboxylic acids is 1. The smallest absolute Gasteiger partial charge is 0.228 e. The molecule has 21 heavy (non-hydrogen) atoms. The summed E-state index contributed by atoms with van der Waals surface area (Å²) in [4.78, 5) is 23.7. The molecule has 0 radical (unpaired) electrons. The molecule has 2 aliphatic carbocycles. The molecular weight excluding hydrogens is 313 g/mol. The molecule has 1 aromatic rings. The Kier molecular flexibility index (Phi) is 3.68. The number of fused-ring (bicyclic) bond motifs is 2. The van der Waals surface area contributed by atoms with Crippen molar-refractivity contribution in [2.75, 3.05) is 5.32 Å². The van der Waals surface area contributed by atoms with Crippen molar-refractivity contribution in [3.05, 3.63) is 40.4 Å². The molecule has 6 heteroatoms. The van der Waals surface area contributed by atoms with Crippen molar-refractivity contribution in [2.45, 2.75) is 6.42 Å². The standard InChI is InChI=1S/C15H13Cl2NO3/c16-10-4-3-9(6-11(10)17)18-14(19)12-7-1-2-8(5-7)13(12)15(20)21/h1-4,6-8,12-13H,5H2,(H,18,19)(H,20,21)/p-1/t7-,8+,12-,13+/m1/s1. The lowest BCUT2D eigenvalue weighted by atomic mass is 9.82. The zero-order chi connectivity index (χ0) is 15.1. The van der Waals surface area contributed by atoms with E-state index in [0.717, 1.165) is 0 Å². The predicted molar refractivity (Wildman–Crippen MR) is 77.8 cm³/mol. The van der Waals surface area contributed by atoms with Gasteiger partial charge in [-0.3, -0.25) is 4.79 Å². The summed E-state index contributed by atoms with van der Waals surface area (Å²) in [5, 5.41) is 14.7. The van der Waals surface area contributed by atoms with Crippen molar-refractivity contribution < 1.29 is 14.7 Å². The number of allylic oxidation sites excluding steroid dienone is 2. The van der Waals surface area contributed by atoms with Crippen LogP contribution in [0.4, 0.5) is 5.69 Å². The molecule has 0 heterocycles. The van der Waals surface area contributed by atoms with Crippen LogP contribution in [-0.2, 0) is 9.59 Å². The van der Waals surface area contributed by atoms with Gasteiger partial charge in [-0.05, 0) is 36.5 Å². The number of rotatable bonds is 3. The molecule has 1 saturated carbocycles. The van der Waals surface area contributed by atoms with E-state index in [-0.39, 0.29) is 17.7 Å². The lowest BCUT2D eigenvalue weighted by Crippen LogP contribution is -2.42. The summed E-state index contributed by atoms with van der Waals surface area (Å²) in [6.07, 6.45) is 4.48. The zero-order valence-corrected chi connectivity index (χ0v) is 12.4.